The minimum Gasteiger partial charge on any atom is -0.354 e. The van der Waals surface area contributed by atoms with Crippen LogP contribution in [0.25, 0.3) is 11.4 Å². The van der Waals surface area contributed by atoms with Gasteiger partial charge in [0.25, 0.3) is 11.8 Å². The van der Waals surface area contributed by atoms with E-state index in [1.807, 2.05) is 0 Å². The highest BCUT2D eigenvalue weighted by atomic mass is 19.1. The van der Waals surface area contributed by atoms with Gasteiger partial charge >= 0.3 is 0 Å². The minimum absolute atomic E-state index is 0.188. The fourth-order valence-corrected chi connectivity index (χ4v) is 2.96. The van der Waals surface area contributed by atoms with Gasteiger partial charge in [-0.3, -0.25) is 19.3 Å². The Labute approximate surface area is 164 Å². The first kappa shape index (κ1) is 18.5. The molecule has 146 valence electrons. The average molecular weight is 394 g/mol. The van der Waals surface area contributed by atoms with Crippen LogP contribution < -0.4 is 5.32 Å². The van der Waals surface area contributed by atoms with Crippen molar-refractivity contribution in [3.05, 3.63) is 71.4 Å². The summed E-state index contributed by atoms with van der Waals surface area (Å²) in [4.78, 5) is 41.8. The first-order valence-corrected chi connectivity index (χ1v) is 8.83. The molecule has 2 aromatic carbocycles. The molecule has 8 nitrogen and oxygen atoms in total. The van der Waals surface area contributed by atoms with Crippen LogP contribution in [0.1, 0.15) is 26.6 Å². The molecule has 1 aliphatic heterocycles. The zero-order chi connectivity index (χ0) is 20.4. The van der Waals surface area contributed by atoms with Crippen molar-refractivity contribution in [1.29, 1.82) is 0 Å². The Hall–Kier alpha value is -3.88. The van der Waals surface area contributed by atoms with Crippen LogP contribution >= 0.6 is 0 Å². The summed E-state index contributed by atoms with van der Waals surface area (Å²) in [5, 5.41) is 6.44. The summed E-state index contributed by atoms with van der Waals surface area (Å²) in [6, 6.07) is 12.1. The van der Waals surface area contributed by atoms with Gasteiger partial charge in [0.05, 0.1) is 11.1 Å². The van der Waals surface area contributed by atoms with Crippen molar-refractivity contribution in [3.8, 4) is 11.4 Å². The molecule has 1 aromatic heterocycles. The van der Waals surface area contributed by atoms with Crippen molar-refractivity contribution < 1.29 is 23.3 Å². The summed E-state index contributed by atoms with van der Waals surface area (Å²) < 4.78 is 18.1. The highest BCUT2D eigenvalue weighted by Gasteiger charge is 2.36. The van der Waals surface area contributed by atoms with E-state index in [-0.39, 0.29) is 25.3 Å². The molecule has 9 heteroatoms. The molecular weight excluding hydrogens is 379 g/mol. The smallest absolute Gasteiger partial charge is 0.262 e. The number of benzene rings is 2. The number of carbonyl (C=O) groups is 3. The van der Waals surface area contributed by atoms with E-state index in [1.54, 1.807) is 24.3 Å². The standard InChI is InChI=1S/C20H15FN4O4/c21-13-7-5-12(6-8-13)18-23-17(29-24-18)9-10-22-16(26)11-25-19(27)14-3-1-2-4-15(14)20(25)28/h1-8H,9-11H2,(H,22,26). The number of rotatable bonds is 6. The van der Waals surface area contributed by atoms with Crippen LogP contribution in [0.3, 0.4) is 0 Å². The SMILES string of the molecule is O=C(CN1C(=O)c2ccccc2C1=O)NCCc1nc(-c2ccc(F)cc2)no1. The summed E-state index contributed by atoms with van der Waals surface area (Å²) in [6.45, 7) is -0.177. The van der Waals surface area contributed by atoms with Crippen LogP contribution in [-0.2, 0) is 11.2 Å². The van der Waals surface area contributed by atoms with Gasteiger partial charge < -0.3 is 9.84 Å². The lowest BCUT2D eigenvalue weighted by molar-refractivity contribution is -0.121. The zero-order valence-corrected chi connectivity index (χ0v) is 15.1. The average Bonchev–Trinajstić information content (AvgIpc) is 3.28. The van der Waals surface area contributed by atoms with Crippen LogP contribution in [0.2, 0.25) is 0 Å². The lowest BCUT2D eigenvalue weighted by atomic mass is 10.1. The predicted molar refractivity (Wildman–Crippen MR) is 98.2 cm³/mol. The van der Waals surface area contributed by atoms with Gasteiger partial charge in [0.15, 0.2) is 0 Å². The lowest BCUT2D eigenvalue weighted by Gasteiger charge is -2.13. The van der Waals surface area contributed by atoms with E-state index < -0.39 is 17.7 Å². The number of nitrogens with zero attached hydrogens (tertiary/aromatic N) is 3. The first-order chi connectivity index (χ1) is 14.0. The molecule has 0 fully saturated rings. The van der Waals surface area contributed by atoms with E-state index in [9.17, 15) is 18.8 Å². The first-order valence-electron chi connectivity index (χ1n) is 8.83. The number of carbonyl (C=O) groups excluding carboxylic acids is 3. The van der Waals surface area contributed by atoms with Crippen molar-refractivity contribution in [2.75, 3.05) is 13.1 Å². The van der Waals surface area contributed by atoms with E-state index >= 15 is 0 Å². The molecule has 0 unspecified atom stereocenters. The van der Waals surface area contributed by atoms with E-state index in [4.69, 9.17) is 4.52 Å². The number of amides is 3. The van der Waals surface area contributed by atoms with Crippen molar-refractivity contribution >= 4 is 17.7 Å². The molecule has 0 saturated carbocycles. The second kappa shape index (κ2) is 7.63. The number of nitrogens with one attached hydrogen (secondary N) is 1. The molecule has 1 aliphatic rings. The van der Waals surface area contributed by atoms with Crippen molar-refractivity contribution in [2.45, 2.75) is 6.42 Å². The third kappa shape index (κ3) is 3.75. The largest absolute Gasteiger partial charge is 0.354 e. The highest BCUT2D eigenvalue weighted by Crippen LogP contribution is 2.22. The molecular formula is C20H15FN4O4. The summed E-state index contributed by atoms with van der Waals surface area (Å²) in [6.07, 6.45) is 0.266. The topological polar surface area (TPSA) is 105 Å². The van der Waals surface area contributed by atoms with E-state index in [0.717, 1.165) is 4.90 Å². The minimum atomic E-state index is -0.485. The highest BCUT2D eigenvalue weighted by molar-refractivity contribution is 6.22. The second-order valence-corrected chi connectivity index (χ2v) is 6.36. The quantitative estimate of drug-likeness (QED) is 0.640. The van der Waals surface area contributed by atoms with Crippen LogP contribution in [0.4, 0.5) is 4.39 Å². The molecule has 0 aliphatic carbocycles. The van der Waals surface area contributed by atoms with E-state index in [2.05, 4.69) is 15.5 Å². The fourth-order valence-electron chi connectivity index (χ4n) is 2.96. The Bertz CT molecular complexity index is 1060. The van der Waals surface area contributed by atoms with Gasteiger partial charge in [-0.2, -0.15) is 4.98 Å². The molecule has 4 rings (SSSR count). The van der Waals surface area contributed by atoms with Gasteiger partial charge in [-0.25, -0.2) is 4.39 Å². The number of imide groups is 1. The maximum atomic E-state index is 13.0. The van der Waals surface area contributed by atoms with Crippen molar-refractivity contribution in [1.82, 2.24) is 20.4 Å². The van der Waals surface area contributed by atoms with Crippen LogP contribution in [0.5, 0.6) is 0 Å². The molecule has 0 spiro atoms. The van der Waals surface area contributed by atoms with Gasteiger partial charge in [-0.05, 0) is 36.4 Å². The molecule has 1 N–H and O–H groups in total. The van der Waals surface area contributed by atoms with Crippen molar-refractivity contribution in [3.63, 3.8) is 0 Å². The molecule has 29 heavy (non-hydrogen) atoms. The summed E-state index contributed by atoms with van der Waals surface area (Å²) >= 11 is 0. The molecule has 0 saturated heterocycles. The molecule has 0 atom stereocenters. The third-order valence-electron chi connectivity index (χ3n) is 4.41. The molecule has 3 aromatic rings. The van der Waals surface area contributed by atoms with Crippen LogP contribution in [0.15, 0.2) is 53.1 Å². The number of aromatic nitrogens is 2. The summed E-state index contributed by atoms with van der Waals surface area (Å²) in [5.74, 6) is -1.19. The number of hydrogen-bond acceptors (Lipinski definition) is 6. The Morgan fingerprint density at radius 2 is 1.69 bits per heavy atom. The number of halogens is 1. The molecule has 0 radical (unpaired) electrons. The van der Waals surface area contributed by atoms with Gasteiger partial charge in [-0.15, -0.1) is 0 Å². The monoisotopic (exact) mass is 394 g/mol. The molecule has 3 amide bonds. The number of fused-ring (bicyclic) bond motifs is 1. The second-order valence-electron chi connectivity index (χ2n) is 6.36. The third-order valence-corrected chi connectivity index (χ3v) is 4.41. The number of hydrogen-bond donors (Lipinski definition) is 1. The molecule has 0 bridgehead atoms. The van der Waals surface area contributed by atoms with Gasteiger partial charge in [0.1, 0.15) is 12.4 Å². The zero-order valence-electron chi connectivity index (χ0n) is 15.1. The van der Waals surface area contributed by atoms with Crippen molar-refractivity contribution in [2.24, 2.45) is 0 Å². The van der Waals surface area contributed by atoms with Crippen LogP contribution in [0, 0.1) is 5.82 Å². The lowest BCUT2D eigenvalue weighted by Crippen LogP contribution is -2.40. The Balaban J connectivity index is 1.29. The molecule has 2 heterocycles. The Morgan fingerprint density at radius 1 is 1.03 bits per heavy atom. The Morgan fingerprint density at radius 3 is 2.34 bits per heavy atom. The van der Waals surface area contributed by atoms with Gasteiger partial charge in [0, 0.05) is 18.5 Å². The Kier molecular flexibility index (Phi) is 4.86. The van der Waals surface area contributed by atoms with E-state index in [1.165, 1.54) is 24.3 Å². The van der Waals surface area contributed by atoms with Gasteiger partial charge in [0.2, 0.25) is 17.6 Å². The predicted octanol–water partition coefficient (Wildman–Crippen LogP) is 1.83. The van der Waals surface area contributed by atoms with Gasteiger partial charge in [-0.1, -0.05) is 17.3 Å². The fraction of sp³-hybridized carbons (Fsp3) is 0.150. The summed E-state index contributed by atoms with van der Waals surface area (Å²) in [5.41, 5.74) is 1.20. The van der Waals surface area contributed by atoms with Crippen LogP contribution in [-0.4, -0.2) is 45.9 Å². The maximum absolute atomic E-state index is 13.0. The maximum Gasteiger partial charge on any atom is 0.262 e. The van der Waals surface area contributed by atoms with E-state index in [0.29, 0.717) is 28.4 Å². The normalized spacial score (nSPS) is 12.9. The summed E-state index contributed by atoms with van der Waals surface area (Å²) in [7, 11) is 0.